The molecule has 4 nitrogen and oxygen atoms in total. The van der Waals surface area contributed by atoms with Crippen molar-refractivity contribution in [3.8, 4) is 0 Å². The van der Waals surface area contributed by atoms with Crippen molar-refractivity contribution in [2.75, 3.05) is 5.32 Å². The summed E-state index contributed by atoms with van der Waals surface area (Å²) in [5.74, 6) is 0. The van der Waals surface area contributed by atoms with Crippen LogP contribution in [0.25, 0.3) is 0 Å². The number of nitrogens with one attached hydrogen (secondary N) is 2. The summed E-state index contributed by atoms with van der Waals surface area (Å²) in [7, 11) is 0. The molecule has 1 heterocycles. The van der Waals surface area contributed by atoms with Crippen molar-refractivity contribution in [3.63, 3.8) is 0 Å². The van der Waals surface area contributed by atoms with Crippen molar-refractivity contribution in [2.45, 2.75) is 0 Å². The Labute approximate surface area is 51.5 Å². The molecule has 0 bridgehead atoms. The van der Waals surface area contributed by atoms with Crippen LogP contribution in [-0.4, -0.2) is 16.2 Å². The zero-order valence-electron chi connectivity index (χ0n) is 4.59. The van der Waals surface area contributed by atoms with Gasteiger partial charge in [-0.1, -0.05) is 0 Å². The van der Waals surface area contributed by atoms with Crippen molar-refractivity contribution in [1.82, 2.24) is 4.98 Å². The number of aromatic amines is 1. The highest BCUT2D eigenvalue weighted by Crippen LogP contribution is 2.01. The van der Waals surface area contributed by atoms with Gasteiger partial charge in [-0.15, -0.1) is 0 Å². The number of amides is 1. The molecule has 1 rings (SSSR count). The number of rotatable bonds is 1. The molecule has 0 aliphatic carbocycles. The third kappa shape index (κ3) is 1.49. The van der Waals surface area contributed by atoms with Crippen LogP contribution in [0.5, 0.6) is 0 Å². The Bertz CT molecular complexity index is 193. The van der Waals surface area contributed by atoms with E-state index in [9.17, 15) is 4.79 Å². The first-order valence-electron chi connectivity index (χ1n) is 2.42. The molecule has 1 aromatic rings. The minimum atomic E-state index is -1.05. The molecule has 0 unspecified atom stereocenters. The molecule has 0 radical (unpaired) electrons. The fourth-order valence-corrected chi connectivity index (χ4v) is 0.525. The highest BCUT2D eigenvalue weighted by atomic mass is 16.4. The topological polar surface area (TPSA) is 65.1 Å². The van der Waals surface area contributed by atoms with Crippen molar-refractivity contribution >= 4 is 11.8 Å². The summed E-state index contributed by atoms with van der Waals surface area (Å²) < 4.78 is 0. The Balaban J connectivity index is 2.58. The number of hydrogen-bond donors (Lipinski definition) is 3. The van der Waals surface area contributed by atoms with Crippen LogP contribution in [0.1, 0.15) is 0 Å². The van der Waals surface area contributed by atoms with Gasteiger partial charge in [0.15, 0.2) is 0 Å². The lowest BCUT2D eigenvalue weighted by molar-refractivity contribution is 0.210. The van der Waals surface area contributed by atoms with Crippen LogP contribution in [0.4, 0.5) is 10.5 Å². The van der Waals surface area contributed by atoms with Crippen LogP contribution in [0, 0.1) is 0 Å². The second kappa shape index (κ2) is 2.21. The molecule has 0 aliphatic rings. The van der Waals surface area contributed by atoms with E-state index in [1.54, 1.807) is 18.5 Å². The summed E-state index contributed by atoms with van der Waals surface area (Å²) in [5, 5.41) is 10.3. The van der Waals surface area contributed by atoms with Crippen molar-refractivity contribution in [2.24, 2.45) is 0 Å². The average Bonchev–Trinajstić information content (AvgIpc) is 2.15. The first-order chi connectivity index (χ1) is 4.29. The summed E-state index contributed by atoms with van der Waals surface area (Å²) in [6.07, 6.45) is 2.16. The number of carbonyl (C=O) groups is 1. The van der Waals surface area contributed by atoms with Crippen LogP contribution < -0.4 is 5.32 Å². The highest BCUT2D eigenvalue weighted by molar-refractivity contribution is 5.82. The molecule has 4 heteroatoms. The van der Waals surface area contributed by atoms with Crippen LogP contribution in [-0.2, 0) is 0 Å². The Kier molecular flexibility index (Phi) is 1.40. The van der Waals surface area contributed by atoms with E-state index in [2.05, 4.69) is 10.3 Å². The van der Waals surface area contributed by atoms with Gasteiger partial charge in [0.05, 0.1) is 5.69 Å². The van der Waals surface area contributed by atoms with Gasteiger partial charge in [-0.05, 0) is 6.07 Å². The van der Waals surface area contributed by atoms with Gasteiger partial charge in [0, 0.05) is 12.4 Å². The number of carboxylic acid groups (broad SMARTS) is 1. The fourth-order valence-electron chi connectivity index (χ4n) is 0.525. The van der Waals surface area contributed by atoms with E-state index < -0.39 is 6.09 Å². The highest BCUT2D eigenvalue weighted by Gasteiger charge is 1.94. The molecule has 0 saturated carbocycles. The Morgan fingerprint density at radius 2 is 2.56 bits per heavy atom. The number of anilines is 1. The lowest BCUT2D eigenvalue weighted by Crippen LogP contribution is -2.05. The molecule has 0 atom stereocenters. The summed E-state index contributed by atoms with van der Waals surface area (Å²) in [4.78, 5) is 12.7. The summed E-state index contributed by atoms with van der Waals surface area (Å²) in [6.45, 7) is 0. The van der Waals surface area contributed by atoms with Gasteiger partial charge in [-0.2, -0.15) is 0 Å². The number of hydrogen-bond acceptors (Lipinski definition) is 1. The van der Waals surface area contributed by atoms with E-state index in [4.69, 9.17) is 5.11 Å². The molecule has 0 spiro atoms. The molecule has 0 saturated heterocycles. The third-order valence-electron chi connectivity index (χ3n) is 0.849. The SMILES string of the molecule is O=C(O)Nc1cc[nH]c1. The molecule has 0 aromatic carbocycles. The lowest BCUT2D eigenvalue weighted by atomic mass is 10.5. The maximum absolute atomic E-state index is 9.94. The van der Waals surface area contributed by atoms with E-state index in [0.717, 1.165) is 0 Å². The van der Waals surface area contributed by atoms with Crippen LogP contribution >= 0.6 is 0 Å². The first kappa shape index (κ1) is 5.68. The van der Waals surface area contributed by atoms with E-state index in [-0.39, 0.29) is 0 Å². The maximum atomic E-state index is 9.94. The van der Waals surface area contributed by atoms with Gasteiger partial charge in [-0.25, -0.2) is 4.79 Å². The standard InChI is InChI=1S/C5H6N2O2/c8-5(9)7-4-1-2-6-3-4/h1-3,6-7H,(H,8,9). The summed E-state index contributed by atoms with van der Waals surface area (Å²) in [5.41, 5.74) is 0.558. The predicted molar refractivity (Wildman–Crippen MR) is 32.4 cm³/mol. The maximum Gasteiger partial charge on any atom is 0.409 e. The quantitative estimate of drug-likeness (QED) is 0.527. The zero-order chi connectivity index (χ0) is 6.69. The monoisotopic (exact) mass is 126 g/mol. The largest absolute Gasteiger partial charge is 0.465 e. The molecule has 1 aromatic heterocycles. The molecule has 0 aliphatic heterocycles. The Morgan fingerprint density at radius 1 is 1.78 bits per heavy atom. The number of H-pyrrole nitrogens is 1. The lowest BCUT2D eigenvalue weighted by Gasteiger charge is -1.91. The molecular formula is C5H6N2O2. The van der Waals surface area contributed by atoms with Crippen LogP contribution in [0.2, 0.25) is 0 Å². The second-order valence-corrected chi connectivity index (χ2v) is 1.53. The van der Waals surface area contributed by atoms with Gasteiger partial charge in [0.1, 0.15) is 0 Å². The third-order valence-corrected chi connectivity index (χ3v) is 0.849. The second-order valence-electron chi connectivity index (χ2n) is 1.53. The minimum Gasteiger partial charge on any atom is -0.465 e. The summed E-state index contributed by atoms with van der Waals surface area (Å²) >= 11 is 0. The van der Waals surface area contributed by atoms with E-state index in [0.29, 0.717) is 5.69 Å². The predicted octanol–water partition coefficient (Wildman–Crippen LogP) is 1.10. The molecule has 3 N–H and O–H groups in total. The van der Waals surface area contributed by atoms with E-state index >= 15 is 0 Å². The first-order valence-corrected chi connectivity index (χ1v) is 2.42. The van der Waals surface area contributed by atoms with E-state index in [1.807, 2.05) is 0 Å². The van der Waals surface area contributed by atoms with Crippen molar-refractivity contribution in [3.05, 3.63) is 18.5 Å². The van der Waals surface area contributed by atoms with Gasteiger partial charge < -0.3 is 10.1 Å². The number of aromatic nitrogens is 1. The average molecular weight is 126 g/mol. The van der Waals surface area contributed by atoms with Gasteiger partial charge in [0.25, 0.3) is 0 Å². The normalized spacial score (nSPS) is 8.89. The molecule has 48 valence electrons. The Hall–Kier alpha value is -1.45. The Morgan fingerprint density at radius 3 is 3.00 bits per heavy atom. The molecule has 0 fully saturated rings. The van der Waals surface area contributed by atoms with E-state index in [1.165, 1.54) is 0 Å². The van der Waals surface area contributed by atoms with Gasteiger partial charge in [0.2, 0.25) is 0 Å². The van der Waals surface area contributed by atoms with Gasteiger partial charge >= 0.3 is 6.09 Å². The zero-order valence-corrected chi connectivity index (χ0v) is 4.59. The van der Waals surface area contributed by atoms with Gasteiger partial charge in [-0.3, -0.25) is 5.32 Å². The van der Waals surface area contributed by atoms with Crippen molar-refractivity contribution < 1.29 is 9.90 Å². The smallest absolute Gasteiger partial charge is 0.409 e. The van der Waals surface area contributed by atoms with Crippen LogP contribution in [0.15, 0.2) is 18.5 Å². The summed E-state index contributed by atoms with van der Waals surface area (Å²) in [6, 6.07) is 1.63. The van der Waals surface area contributed by atoms with Crippen LogP contribution in [0.3, 0.4) is 0 Å². The molecule has 1 amide bonds. The molecule has 9 heavy (non-hydrogen) atoms. The molecular weight excluding hydrogens is 120 g/mol. The van der Waals surface area contributed by atoms with Crippen molar-refractivity contribution in [1.29, 1.82) is 0 Å². The minimum absolute atomic E-state index is 0.558. The fraction of sp³-hybridized carbons (Fsp3) is 0.